The van der Waals surface area contributed by atoms with Crippen molar-refractivity contribution in [3.05, 3.63) is 334 Å². The van der Waals surface area contributed by atoms with Gasteiger partial charge in [-0.1, -0.05) is 237 Å². The highest BCUT2D eigenvalue weighted by atomic mass is 15.2. The zero-order chi connectivity index (χ0) is 53.9. The minimum atomic E-state index is 1.03. The fourth-order valence-electron chi connectivity index (χ4n) is 11.5. The maximum Gasteiger partial charge on any atom is 0.0541 e. The highest BCUT2D eigenvalue weighted by molar-refractivity contribution is 6.10. The first kappa shape index (κ1) is 48.6. The second-order valence-electron chi connectivity index (χ2n) is 20.6. The smallest absolute Gasteiger partial charge is 0.0541 e. The molecule has 3 heteroatoms. The zero-order valence-corrected chi connectivity index (χ0v) is 44.6. The van der Waals surface area contributed by atoms with Crippen LogP contribution in [0.3, 0.4) is 0 Å². The lowest BCUT2D eigenvalue weighted by atomic mass is 9.97. The molecule has 0 aliphatic heterocycles. The van der Waals surface area contributed by atoms with Crippen LogP contribution in [0.2, 0.25) is 0 Å². The maximum atomic E-state index is 2.40. The van der Waals surface area contributed by atoms with E-state index < -0.39 is 0 Å². The summed E-state index contributed by atoms with van der Waals surface area (Å²) >= 11 is 0. The van der Waals surface area contributed by atoms with Crippen molar-refractivity contribution < 1.29 is 0 Å². The van der Waals surface area contributed by atoms with Gasteiger partial charge in [0, 0.05) is 50.6 Å². The third-order valence-corrected chi connectivity index (χ3v) is 15.6. The quantitative estimate of drug-likeness (QED) is 0.114. The lowest BCUT2D eigenvalue weighted by Crippen LogP contribution is -2.13. The molecule has 14 rings (SSSR count). The van der Waals surface area contributed by atoms with Crippen molar-refractivity contribution in [2.24, 2.45) is 0 Å². The van der Waals surface area contributed by atoms with Gasteiger partial charge in [-0.15, -0.1) is 0 Å². The Balaban J connectivity index is 0.938. The van der Waals surface area contributed by atoms with Crippen LogP contribution in [0.15, 0.2) is 334 Å². The molecule has 0 aliphatic rings. The number of hydrogen-bond donors (Lipinski definition) is 0. The van der Waals surface area contributed by atoms with Crippen molar-refractivity contribution in [1.82, 2.24) is 4.57 Å². The fraction of sp³-hybridized carbons (Fsp3) is 0. The Labute approximate surface area is 473 Å². The fourth-order valence-corrected chi connectivity index (χ4v) is 11.5. The van der Waals surface area contributed by atoms with Crippen LogP contribution in [-0.4, -0.2) is 4.57 Å². The van der Waals surface area contributed by atoms with Crippen molar-refractivity contribution >= 4 is 55.9 Å². The molecule has 0 spiro atoms. The molecule has 0 bridgehead atoms. The third kappa shape index (κ3) is 9.75. The first-order chi connectivity index (χ1) is 40.1. The standard InChI is InChI=1S/C78H55N3/c1-6-18-56(19-7-1)60-34-43-69(44-35-60)79(70-45-36-61(37-46-70)57-20-8-2-9-21-57)73-52-67(65-32-30-64(31-33-65)66-42-51-78-76(54-66)75-28-16-17-29-77(75)81(78)68-26-14-5-15-27-68)53-74(55-73)80(71-47-38-62(39-48-71)58-22-10-3-11-23-58)72-49-40-63(41-50-72)59-24-12-4-13-25-59/h1-55H. The molecular weight excluding hydrogens is 979 g/mol. The molecule has 0 unspecified atom stereocenters. The van der Waals surface area contributed by atoms with E-state index in [-0.39, 0.29) is 0 Å². The lowest BCUT2D eigenvalue weighted by Gasteiger charge is -2.31. The number of nitrogens with zero attached hydrogens (tertiary/aromatic N) is 3. The molecule has 382 valence electrons. The summed E-state index contributed by atoms with van der Waals surface area (Å²) in [5, 5.41) is 2.47. The van der Waals surface area contributed by atoms with Crippen LogP contribution in [0.25, 0.3) is 94.3 Å². The van der Waals surface area contributed by atoms with Crippen LogP contribution in [0.4, 0.5) is 34.1 Å². The Morgan fingerprint density at radius 1 is 0.173 bits per heavy atom. The number of aromatic nitrogens is 1. The van der Waals surface area contributed by atoms with E-state index in [0.29, 0.717) is 0 Å². The molecule has 0 saturated heterocycles. The van der Waals surface area contributed by atoms with Gasteiger partial charge in [-0.2, -0.15) is 0 Å². The predicted molar refractivity (Wildman–Crippen MR) is 343 cm³/mol. The Kier molecular flexibility index (Phi) is 13.0. The van der Waals surface area contributed by atoms with Gasteiger partial charge in [0.25, 0.3) is 0 Å². The molecule has 0 aliphatic carbocycles. The molecule has 3 nitrogen and oxygen atoms in total. The van der Waals surface area contributed by atoms with Crippen molar-refractivity contribution in [3.8, 4) is 72.4 Å². The van der Waals surface area contributed by atoms with Gasteiger partial charge >= 0.3 is 0 Å². The maximum absolute atomic E-state index is 2.40. The molecular formula is C78H55N3. The number of anilines is 6. The van der Waals surface area contributed by atoms with Crippen LogP contribution in [0, 0.1) is 0 Å². The third-order valence-electron chi connectivity index (χ3n) is 15.6. The van der Waals surface area contributed by atoms with Gasteiger partial charge in [0.1, 0.15) is 0 Å². The summed E-state index contributed by atoms with van der Waals surface area (Å²) in [5.41, 5.74) is 23.7. The van der Waals surface area contributed by atoms with E-state index in [0.717, 1.165) is 56.5 Å². The highest BCUT2D eigenvalue weighted by Gasteiger charge is 2.21. The second-order valence-corrected chi connectivity index (χ2v) is 20.6. The van der Waals surface area contributed by atoms with Crippen molar-refractivity contribution in [2.75, 3.05) is 9.80 Å². The Morgan fingerprint density at radius 2 is 0.457 bits per heavy atom. The first-order valence-electron chi connectivity index (χ1n) is 27.7. The predicted octanol–water partition coefficient (Wildman–Crippen LogP) is 21.7. The first-order valence-corrected chi connectivity index (χ1v) is 27.7. The van der Waals surface area contributed by atoms with Crippen LogP contribution in [-0.2, 0) is 0 Å². The van der Waals surface area contributed by atoms with E-state index in [4.69, 9.17) is 0 Å². The average Bonchev–Trinajstić information content (AvgIpc) is 4.07. The molecule has 0 atom stereocenters. The van der Waals surface area contributed by atoms with Gasteiger partial charge in [-0.05, 0) is 164 Å². The summed E-state index contributed by atoms with van der Waals surface area (Å²) in [6.07, 6.45) is 0. The summed E-state index contributed by atoms with van der Waals surface area (Å²) in [6.45, 7) is 0. The number of para-hydroxylation sites is 2. The molecule has 81 heavy (non-hydrogen) atoms. The lowest BCUT2D eigenvalue weighted by molar-refractivity contribution is 1.18. The number of rotatable bonds is 13. The van der Waals surface area contributed by atoms with Crippen molar-refractivity contribution in [3.63, 3.8) is 0 Å². The Hall–Kier alpha value is -10.7. The molecule has 1 heterocycles. The minimum Gasteiger partial charge on any atom is -0.310 e. The normalized spacial score (nSPS) is 11.2. The van der Waals surface area contributed by atoms with Crippen LogP contribution < -0.4 is 9.80 Å². The van der Waals surface area contributed by atoms with E-state index in [1.165, 1.54) is 71.9 Å². The van der Waals surface area contributed by atoms with Crippen LogP contribution in [0.1, 0.15) is 0 Å². The van der Waals surface area contributed by atoms with Gasteiger partial charge in [0.05, 0.1) is 11.0 Å². The summed E-state index contributed by atoms with van der Waals surface area (Å²) in [7, 11) is 0. The SMILES string of the molecule is c1ccc(-c2ccc(N(c3ccc(-c4ccccc4)cc3)c3cc(-c4ccc(-c5ccc6c(c5)c5ccccc5n6-c5ccccc5)cc4)cc(N(c4ccc(-c5ccccc5)cc4)c4ccc(-c5ccccc5)cc4)c3)cc2)cc1. The van der Waals surface area contributed by atoms with Gasteiger partial charge in [0.2, 0.25) is 0 Å². The molecule has 0 N–H and O–H groups in total. The van der Waals surface area contributed by atoms with E-state index in [2.05, 4.69) is 348 Å². The average molecular weight is 1030 g/mol. The summed E-state index contributed by atoms with van der Waals surface area (Å²) < 4.78 is 2.37. The van der Waals surface area contributed by atoms with E-state index in [1.807, 2.05) is 0 Å². The topological polar surface area (TPSA) is 11.4 Å². The minimum absolute atomic E-state index is 1.03. The molecule has 1 aromatic heterocycles. The van der Waals surface area contributed by atoms with E-state index in [1.54, 1.807) is 0 Å². The molecule has 0 amide bonds. The summed E-state index contributed by atoms with van der Waals surface area (Å²) in [4.78, 5) is 4.81. The largest absolute Gasteiger partial charge is 0.310 e. The Morgan fingerprint density at radius 3 is 0.852 bits per heavy atom. The summed E-state index contributed by atoms with van der Waals surface area (Å²) in [5.74, 6) is 0. The van der Waals surface area contributed by atoms with E-state index in [9.17, 15) is 0 Å². The molecule has 0 radical (unpaired) electrons. The number of benzene rings is 13. The molecule has 13 aromatic carbocycles. The highest BCUT2D eigenvalue weighted by Crippen LogP contribution is 2.45. The van der Waals surface area contributed by atoms with Gasteiger partial charge in [-0.25, -0.2) is 0 Å². The van der Waals surface area contributed by atoms with E-state index >= 15 is 0 Å². The van der Waals surface area contributed by atoms with Gasteiger partial charge in [0.15, 0.2) is 0 Å². The monoisotopic (exact) mass is 1030 g/mol. The number of fused-ring (bicyclic) bond motifs is 3. The molecule has 0 fully saturated rings. The zero-order valence-electron chi connectivity index (χ0n) is 44.6. The van der Waals surface area contributed by atoms with Crippen LogP contribution in [0.5, 0.6) is 0 Å². The molecule has 14 aromatic rings. The second kappa shape index (κ2) is 21.6. The van der Waals surface area contributed by atoms with Crippen molar-refractivity contribution in [1.29, 1.82) is 0 Å². The van der Waals surface area contributed by atoms with Gasteiger partial charge in [-0.3, -0.25) is 0 Å². The summed E-state index contributed by atoms with van der Waals surface area (Å²) in [6, 6.07) is 121. The number of hydrogen-bond acceptors (Lipinski definition) is 2. The molecule has 0 saturated carbocycles. The van der Waals surface area contributed by atoms with Crippen molar-refractivity contribution in [2.45, 2.75) is 0 Å². The van der Waals surface area contributed by atoms with Crippen LogP contribution >= 0.6 is 0 Å². The Bertz CT molecular complexity index is 4070. The van der Waals surface area contributed by atoms with Gasteiger partial charge < -0.3 is 14.4 Å².